The van der Waals surface area contributed by atoms with Gasteiger partial charge >= 0.3 is 6.29 Å². The lowest BCUT2D eigenvalue weighted by Gasteiger charge is -2.29. The minimum absolute atomic E-state index is 0.00795. The smallest absolute Gasteiger partial charge is 0.370 e. The Morgan fingerprint density at radius 1 is 1.54 bits per heavy atom. The van der Waals surface area contributed by atoms with Crippen LogP contribution in [0.1, 0.15) is 11.8 Å². The Morgan fingerprint density at radius 2 is 2.14 bits per heavy atom. The van der Waals surface area contributed by atoms with Crippen molar-refractivity contribution in [3.05, 3.63) is 38.3 Å². The quantitative estimate of drug-likeness (QED) is 0.0851. The molecule has 0 saturated heterocycles. The van der Waals surface area contributed by atoms with Gasteiger partial charge in [0, 0.05) is 24.2 Å². The average Bonchev–Trinajstić information content (AvgIpc) is 3.05. The summed E-state index contributed by atoms with van der Waals surface area (Å²) in [5.41, 5.74) is 16.0. The molecule has 2 atom stereocenters. The minimum Gasteiger partial charge on any atom is -0.370 e. The van der Waals surface area contributed by atoms with Crippen molar-refractivity contribution in [2.24, 2.45) is 16.5 Å². The fourth-order valence-electron chi connectivity index (χ4n) is 1.76. The molecule has 0 aliphatic carbocycles. The van der Waals surface area contributed by atoms with Gasteiger partial charge in [-0.25, -0.2) is 4.98 Å². The van der Waals surface area contributed by atoms with Crippen LogP contribution in [0, 0.1) is 10.1 Å². The minimum atomic E-state index is -1.66. The Hall–Kier alpha value is -2.29. The maximum atomic E-state index is 11.5. The molecule has 1 heterocycles. The summed E-state index contributed by atoms with van der Waals surface area (Å²) in [5, 5.41) is 11.7. The number of nitrogens with two attached hydrogens (primary N) is 2. The van der Waals surface area contributed by atoms with Gasteiger partial charge in [-0.1, -0.05) is 17.7 Å². The standard InChI is InChI=1S/C13H20ClN9O2S3/c1-4-7(2)21(3)12(26)19-20-13(27)22(6-8-5-17-9(14)28-8)11(23(24)25)18-10(15)16/h4-5,7,11H,1,6H2,2-3H3,(H,19,26)(H,20,27)(H4,15,16,18). The highest BCUT2D eigenvalue weighted by Crippen LogP contribution is 2.20. The lowest BCUT2D eigenvalue weighted by molar-refractivity contribution is -0.543. The van der Waals surface area contributed by atoms with Crippen LogP contribution in [0.15, 0.2) is 23.8 Å². The van der Waals surface area contributed by atoms with E-state index in [4.69, 9.17) is 47.5 Å². The highest BCUT2D eigenvalue weighted by atomic mass is 35.5. The van der Waals surface area contributed by atoms with E-state index in [2.05, 4.69) is 27.4 Å². The van der Waals surface area contributed by atoms with E-state index < -0.39 is 17.2 Å². The van der Waals surface area contributed by atoms with Gasteiger partial charge in [-0.05, 0) is 31.4 Å². The molecule has 0 fully saturated rings. The molecule has 15 heteroatoms. The third-order valence-corrected chi connectivity index (χ3v) is 5.22. The molecule has 11 nitrogen and oxygen atoms in total. The SMILES string of the molecule is C=CC(C)N(C)C(=S)NNC(=S)N(Cc1cnc(Cl)s1)C(N=C(N)N)[N+](=O)[O-]. The molecular weight excluding hydrogens is 446 g/mol. The first-order chi connectivity index (χ1) is 13.1. The number of nitrogens with zero attached hydrogens (tertiary/aromatic N) is 5. The monoisotopic (exact) mass is 465 g/mol. The number of aromatic nitrogens is 1. The van der Waals surface area contributed by atoms with Gasteiger partial charge in [-0.3, -0.25) is 25.9 Å². The largest absolute Gasteiger partial charge is 0.390 e. The number of hydrazine groups is 1. The van der Waals surface area contributed by atoms with E-state index in [-0.39, 0.29) is 22.2 Å². The molecule has 1 aromatic heterocycles. The number of aliphatic imine (C=N–C) groups is 1. The average molecular weight is 466 g/mol. The van der Waals surface area contributed by atoms with Crippen LogP contribution in [0.25, 0.3) is 0 Å². The number of thiocarbonyl (C=S) groups is 2. The van der Waals surface area contributed by atoms with E-state index in [9.17, 15) is 10.1 Å². The Bertz CT molecular complexity index is 768. The highest BCUT2D eigenvalue weighted by molar-refractivity contribution is 7.80. The van der Waals surface area contributed by atoms with Crippen LogP contribution in [0.3, 0.4) is 0 Å². The lowest BCUT2D eigenvalue weighted by Crippen LogP contribution is -2.56. The van der Waals surface area contributed by atoms with Crippen LogP contribution in [0.5, 0.6) is 0 Å². The summed E-state index contributed by atoms with van der Waals surface area (Å²) >= 11 is 17.5. The first-order valence-corrected chi connectivity index (χ1v) is 9.62. The summed E-state index contributed by atoms with van der Waals surface area (Å²) in [5.74, 6) is -0.458. The van der Waals surface area contributed by atoms with Crippen LogP contribution in [-0.2, 0) is 6.54 Å². The van der Waals surface area contributed by atoms with Gasteiger partial charge in [0.25, 0.3) is 0 Å². The first kappa shape index (κ1) is 23.7. The summed E-state index contributed by atoms with van der Waals surface area (Å²) in [6.45, 7) is 5.58. The van der Waals surface area contributed by atoms with Crippen LogP contribution in [0.2, 0.25) is 4.47 Å². The van der Waals surface area contributed by atoms with Crippen molar-refractivity contribution < 1.29 is 4.92 Å². The van der Waals surface area contributed by atoms with E-state index in [0.29, 0.717) is 9.99 Å². The molecule has 0 radical (unpaired) electrons. The number of hydrogen-bond donors (Lipinski definition) is 4. The zero-order valence-electron chi connectivity index (χ0n) is 15.0. The molecule has 0 aliphatic heterocycles. The Kier molecular flexibility index (Phi) is 9.24. The van der Waals surface area contributed by atoms with Crippen molar-refractivity contribution in [2.75, 3.05) is 7.05 Å². The van der Waals surface area contributed by atoms with Crippen LogP contribution >= 0.6 is 47.4 Å². The topological polar surface area (TPSA) is 151 Å². The molecule has 28 heavy (non-hydrogen) atoms. The molecule has 0 aliphatic rings. The Labute approximate surface area is 181 Å². The summed E-state index contributed by atoms with van der Waals surface area (Å²) in [4.78, 5) is 21.9. The molecule has 2 unspecified atom stereocenters. The zero-order valence-corrected chi connectivity index (χ0v) is 18.2. The summed E-state index contributed by atoms with van der Waals surface area (Å²) < 4.78 is 0.285. The van der Waals surface area contributed by atoms with Crippen molar-refractivity contribution in [3.8, 4) is 0 Å². The van der Waals surface area contributed by atoms with Gasteiger partial charge in [0.1, 0.15) is 0 Å². The molecular formula is C13H20ClN9O2S3. The second-order valence-corrected chi connectivity index (χ2v) is 7.81. The second kappa shape index (κ2) is 10.9. The molecule has 0 aromatic carbocycles. The van der Waals surface area contributed by atoms with Gasteiger partial charge in [0.05, 0.1) is 11.5 Å². The van der Waals surface area contributed by atoms with Crippen molar-refractivity contribution in [3.63, 3.8) is 0 Å². The Balaban J connectivity index is 3.00. The molecule has 6 N–H and O–H groups in total. The number of hydrogen-bond acceptors (Lipinski definition) is 7. The van der Waals surface area contributed by atoms with E-state index in [1.807, 2.05) is 6.92 Å². The molecule has 0 saturated carbocycles. The van der Waals surface area contributed by atoms with Crippen molar-refractivity contribution in [1.29, 1.82) is 0 Å². The number of guanidine groups is 1. The van der Waals surface area contributed by atoms with Crippen LogP contribution in [0.4, 0.5) is 0 Å². The number of nitro groups is 1. The third-order valence-electron chi connectivity index (χ3n) is 3.39. The van der Waals surface area contributed by atoms with Gasteiger partial charge < -0.3 is 16.4 Å². The first-order valence-electron chi connectivity index (χ1n) is 7.61. The van der Waals surface area contributed by atoms with E-state index in [1.54, 1.807) is 18.0 Å². The van der Waals surface area contributed by atoms with Gasteiger partial charge in [-0.15, -0.1) is 17.9 Å². The second-order valence-electron chi connectivity index (χ2n) is 5.34. The number of likely N-dealkylation sites (N-methyl/N-ethyl adjacent to an activating group) is 1. The maximum absolute atomic E-state index is 11.5. The van der Waals surface area contributed by atoms with E-state index in [1.165, 1.54) is 6.20 Å². The van der Waals surface area contributed by atoms with E-state index >= 15 is 0 Å². The number of rotatable bonds is 7. The predicted octanol–water partition coefficient (Wildman–Crippen LogP) is 0.603. The molecule has 1 rings (SSSR count). The van der Waals surface area contributed by atoms with E-state index in [0.717, 1.165) is 16.2 Å². The molecule has 0 bridgehead atoms. The molecule has 1 aromatic rings. The fraction of sp³-hybridized carbons (Fsp3) is 0.385. The molecule has 154 valence electrons. The molecule has 0 amide bonds. The summed E-state index contributed by atoms with van der Waals surface area (Å²) in [6.07, 6.45) is 1.52. The lowest BCUT2D eigenvalue weighted by atomic mass is 10.3. The third kappa shape index (κ3) is 7.03. The number of thiazole rings is 1. The number of halogens is 1. The van der Waals surface area contributed by atoms with Crippen LogP contribution in [-0.4, -0.2) is 55.3 Å². The highest BCUT2D eigenvalue weighted by Gasteiger charge is 2.31. The van der Waals surface area contributed by atoms with Gasteiger partial charge in [-0.2, -0.15) is 4.99 Å². The fourth-order valence-corrected chi connectivity index (χ4v) is 3.16. The summed E-state index contributed by atoms with van der Waals surface area (Å²) in [6, 6.07) is -0.0426. The van der Waals surface area contributed by atoms with Crippen molar-refractivity contribution >= 4 is 63.6 Å². The number of nitrogens with one attached hydrogen (secondary N) is 2. The van der Waals surface area contributed by atoms with Crippen LogP contribution < -0.4 is 22.3 Å². The van der Waals surface area contributed by atoms with Crippen molar-refractivity contribution in [2.45, 2.75) is 25.8 Å². The Morgan fingerprint density at radius 3 is 2.61 bits per heavy atom. The maximum Gasteiger partial charge on any atom is 0.390 e. The molecule has 0 spiro atoms. The van der Waals surface area contributed by atoms with Gasteiger partial charge in [0.2, 0.25) is 0 Å². The summed E-state index contributed by atoms with van der Waals surface area (Å²) in [7, 11) is 1.75. The normalized spacial score (nSPS) is 12.2. The van der Waals surface area contributed by atoms with Crippen molar-refractivity contribution in [1.82, 2.24) is 25.6 Å². The zero-order chi connectivity index (χ0) is 21.4. The van der Waals surface area contributed by atoms with Gasteiger partial charge in [0.15, 0.2) is 20.7 Å². The predicted molar refractivity (Wildman–Crippen MR) is 118 cm³/mol.